The third-order valence-corrected chi connectivity index (χ3v) is 8.67. The zero-order chi connectivity index (χ0) is 32.6. The van der Waals surface area contributed by atoms with E-state index in [4.69, 9.17) is 19.4 Å². The summed E-state index contributed by atoms with van der Waals surface area (Å²) in [7, 11) is 0. The van der Waals surface area contributed by atoms with E-state index in [1.165, 1.54) is 0 Å². The van der Waals surface area contributed by atoms with E-state index in [1.807, 2.05) is 121 Å². The molecule has 0 radical (unpaired) electrons. The molecule has 9 rings (SSSR count). The first-order valence-corrected chi connectivity index (χ1v) is 16.1. The summed E-state index contributed by atoms with van der Waals surface area (Å²) in [5, 5.41) is 11.0. The fourth-order valence-corrected chi connectivity index (χ4v) is 6.21. The number of furan rings is 1. The molecule has 0 N–H and O–H groups in total. The van der Waals surface area contributed by atoms with Crippen LogP contribution >= 0.6 is 0 Å². The highest BCUT2D eigenvalue weighted by Crippen LogP contribution is 2.40. The monoisotopic (exact) mass is 629 g/mol. The number of benzene rings is 6. The molecule has 0 fully saturated rings. The van der Waals surface area contributed by atoms with Crippen LogP contribution in [0.1, 0.15) is 0 Å². The van der Waals surface area contributed by atoms with Crippen molar-refractivity contribution in [3.05, 3.63) is 164 Å². The van der Waals surface area contributed by atoms with Crippen molar-refractivity contribution in [3.63, 3.8) is 0 Å². The van der Waals surface area contributed by atoms with Crippen LogP contribution in [0.25, 0.3) is 89.7 Å². The topological polar surface area (TPSA) is 77.6 Å². The molecule has 0 saturated carbocycles. The Bertz CT molecular complexity index is 2510. The predicted octanol–water partition coefficient (Wildman–Crippen LogP) is 10.6. The molecule has 0 aliphatic heterocycles. The summed E-state index contributed by atoms with van der Waals surface area (Å²) in [4.78, 5) is 15.1. The first kappa shape index (κ1) is 28.4. The first-order chi connectivity index (χ1) is 24.3. The van der Waals surface area contributed by atoms with Crippen molar-refractivity contribution in [2.75, 3.05) is 0 Å². The fraction of sp³-hybridized carbons (Fsp3) is 0. The van der Waals surface area contributed by atoms with Gasteiger partial charge in [0, 0.05) is 38.6 Å². The third-order valence-electron chi connectivity index (χ3n) is 8.67. The zero-order valence-corrected chi connectivity index (χ0v) is 26.2. The molecular weight excluding hydrogens is 603 g/mol. The maximum atomic E-state index is 6.46. The number of rotatable bonds is 6. The molecular formula is C43H27N5O. The highest BCUT2D eigenvalue weighted by atomic mass is 16.3. The van der Waals surface area contributed by atoms with Crippen molar-refractivity contribution in [3.8, 4) is 67.8 Å². The van der Waals surface area contributed by atoms with Gasteiger partial charge in [0.15, 0.2) is 17.5 Å². The van der Waals surface area contributed by atoms with Crippen molar-refractivity contribution < 1.29 is 4.42 Å². The minimum absolute atomic E-state index is 0.580. The molecule has 6 heteroatoms. The van der Waals surface area contributed by atoms with Crippen LogP contribution in [0.3, 0.4) is 0 Å². The van der Waals surface area contributed by atoms with Crippen LogP contribution in [0.4, 0.5) is 0 Å². The first-order valence-electron chi connectivity index (χ1n) is 16.1. The molecule has 0 amide bonds. The van der Waals surface area contributed by atoms with Crippen LogP contribution in [0.2, 0.25) is 0 Å². The van der Waals surface area contributed by atoms with E-state index in [0.29, 0.717) is 17.5 Å². The van der Waals surface area contributed by atoms with E-state index in [9.17, 15) is 0 Å². The fourth-order valence-electron chi connectivity index (χ4n) is 6.21. The Balaban J connectivity index is 1.18. The molecule has 0 bridgehead atoms. The molecule has 0 atom stereocenters. The lowest BCUT2D eigenvalue weighted by Gasteiger charge is -2.11. The molecule has 0 unspecified atom stereocenters. The average molecular weight is 630 g/mol. The molecule has 3 aromatic heterocycles. The second kappa shape index (κ2) is 12.1. The minimum atomic E-state index is 0.580. The smallest absolute Gasteiger partial charge is 0.164 e. The highest BCUT2D eigenvalue weighted by molar-refractivity contribution is 6.13. The van der Waals surface area contributed by atoms with Gasteiger partial charge >= 0.3 is 0 Å². The zero-order valence-electron chi connectivity index (χ0n) is 26.2. The second-order valence-electron chi connectivity index (χ2n) is 11.8. The van der Waals surface area contributed by atoms with E-state index in [1.54, 1.807) is 0 Å². The molecule has 49 heavy (non-hydrogen) atoms. The van der Waals surface area contributed by atoms with Gasteiger partial charge < -0.3 is 4.42 Å². The molecule has 0 aliphatic carbocycles. The molecule has 230 valence electrons. The van der Waals surface area contributed by atoms with Gasteiger partial charge in [-0.1, -0.05) is 133 Å². The van der Waals surface area contributed by atoms with Gasteiger partial charge in [0.1, 0.15) is 11.2 Å². The summed E-state index contributed by atoms with van der Waals surface area (Å²) < 4.78 is 6.46. The number of fused-ring (bicyclic) bond motifs is 3. The summed E-state index contributed by atoms with van der Waals surface area (Å²) in [6.45, 7) is 0. The molecule has 0 spiro atoms. The van der Waals surface area contributed by atoms with Crippen molar-refractivity contribution in [2.24, 2.45) is 0 Å². The van der Waals surface area contributed by atoms with Gasteiger partial charge in [0.2, 0.25) is 0 Å². The molecule has 6 aromatic carbocycles. The summed E-state index contributed by atoms with van der Waals surface area (Å²) in [5.74, 6) is 1.80. The van der Waals surface area contributed by atoms with Gasteiger partial charge in [-0.3, -0.25) is 0 Å². The summed E-state index contributed by atoms with van der Waals surface area (Å²) >= 11 is 0. The number of hydrogen-bond donors (Lipinski definition) is 0. The second-order valence-corrected chi connectivity index (χ2v) is 11.8. The Morgan fingerprint density at radius 2 is 0.837 bits per heavy atom. The van der Waals surface area contributed by atoms with Crippen molar-refractivity contribution in [2.45, 2.75) is 0 Å². The van der Waals surface area contributed by atoms with Gasteiger partial charge in [0.25, 0.3) is 0 Å². The standard InChI is InChI=1S/C43H27N5O/c1-4-12-29(13-5-1)36-24-25-37(48-47-36)30-22-20-28(21-23-30)33-26-35(40-34-18-10-11-19-38(34)49-39(40)27-33)43-45-41(31-14-6-2-7-15-31)44-42(46-43)32-16-8-3-9-17-32/h1-27H. The average Bonchev–Trinajstić information content (AvgIpc) is 3.57. The van der Waals surface area contributed by atoms with Gasteiger partial charge in [-0.05, 0) is 41.5 Å². The lowest BCUT2D eigenvalue weighted by Crippen LogP contribution is -2.00. The molecule has 6 nitrogen and oxygen atoms in total. The van der Waals surface area contributed by atoms with Gasteiger partial charge in [0.05, 0.1) is 11.4 Å². The van der Waals surface area contributed by atoms with Crippen molar-refractivity contribution >= 4 is 21.9 Å². The van der Waals surface area contributed by atoms with Crippen LogP contribution in [-0.2, 0) is 0 Å². The van der Waals surface area contributed by atoms with E-state index in [-0.39, 0.29) is 0 Å². The summed E-state index contributed by atoms with van der Waals surface area (Å²) in [6.07, 6.45) is 0. The van der Waals surface area contributed by atoms with Gasteiger partial charge in [-0.15, -0.1) is 10.2 Å². The van der Waals surface area contributed by atoms with Crippen LogP contribution < -0.4 is 0 Å². The lowest BCUT2D eigenvalue weighted by atomic mass is 9.97. The SMILES string of the molecule is c1ccc(-c2ccc(-c3ccc(-c4cc(-c5nc(-c6ccccc6)nc(-c6ccccc6)n5)c5c(c4)oc4ccccc45)cc3)nn2)cc1. The van der Waals surface area contributed by atoms with Crippen LogP contribution in [0.5, 0.6) is 0 Å². The number of para-hydroxylation sites is 1. The van der Waals surface area contributed by atoms with Gasteiger partial charge in [-0.2, -0.15) is 0 Å². The Morgan fingerprint density at radius 1 is 0.347 bits per heavy atom. The van der Waals surface area contributed by atoms with Crippen LogP contribution in [-0.4, -0.2) is 25.1 Å². The minimum Gasteiger partial charge on any atom is -0.456 e. The number of hydrogen-bond acceptors (Lipinski definition) is 6. The van der Waals surface area contributed by atoms with E-state index in [0.717, 1.165) is 72.3 Å². The van der Waals surface area contributed by atoms with E-state index < -0.39 is 0 Å². The Kier molecular flexibility index (Phi) is 7.02. The van der Waals surface area contributed by atoms with E-state index in [2.05, 4.69) is 52.7 Å². The van der Waals surface area contributed by atoms with Crippen molar-refractivity contribution in [1.29, 1.82) is 0 Å². The molecule has 3 heterocycles. The molecule has 9 aromatic rings. The molecule has 0 saturated heterocycles. The van der Waals surface area contributed by atoms with Gasteiger partial charge in [-0.25, -0.2) is 15.0 Å². The molecule has 0 aliphatic rings. The third kappa shape index (κ3) is 5.41. The van der Waals surface area contributed by atoms with Crippen LogP contribution in [0, 0.1) is 0 Å². The van der Waals surface area contributed by atoms with E-state index >= 15 is 0 Å². The number of aromatic nitrogens is 5. The largest absolute Gasteiger partial charge is 0.456 e. The maximum absolute atomic E-state index is 6.46. The quantitative estimate of drug-likeness (QED) is 0.182. The highest BCUT2D eigenvalue weighted by Gasteiger charge is 2.19. The summed E-state index contributed by atoms with van der Waals surface area (Å²) in [6, 6.07) is 54.9. The normalized spacial score (nSPS) is 11.3. The Hall–Kier alpha value is -6.79. The van der Waals surface area contributed by atoms with Crippen molar-refractivity contribution in [1.82, 2.24) is 25.1 Å². The Labute approximate surface area is 282 Å². The predicted molar refractivity (Wildman–Crippen MR) is 195 cm³/mol. The summed E-state index contributed by atoms with van der Waals surface area (Å²) in [5.41, 5.74) is 9.99. The lowest BCUT2D eigenvalue weighted by molar-refractivity contribution is 0.669. The van der Waals surface area contributed by atoms with Crippen LogP contribution in [0.15, 0.2) is 168 Å². The number of nitrogens with zero attached hydrogens (tertiary/aromatic N) is 5. The Morgan fingerprint density at radius 3 is 1.43 bits per heavy atom. The maximum Gasteiger partial charge on any atom is 0.164 e.